The first-order chi connectivity index (χ1) is 11.6. The van der Waals surface area contributed by atoms with E-state index < -0.39 is 11.8 Å². The number of carbonyl (C=O) groups is 2. The molecule has 2 amide bonds. The minimum absolute atomic E-state index is 0.415. The van der Waals surface area contributed by atoms with Crippen LogP contribution in [0.1, 0.15) is 0 Å². The summed E-state index contributed by atoms with van der Waals surface area (Å²) >= 11 is 0. The van der Waals surface area contributed by atoms with E-state index in [9.17, 15) is 9.59 Å². The average molecular weight is 330 g/mol. The molecule has 7 heteroatoms. The van der Waals surface area contributed by atoms with Crippen LogP contribution >= 0.6 is 0 Å². The lowest BCUT2D eigenvalue weighted by molar-refractivity contribution is -0.133. The summed E-state index contributed by atoms with van der Waals surface area (Å²) in [6.45, 7) is 0. The highest BCUT2D eigenvalue weighted by Crippen LogP contribution is 2.29. The van der Waals surface area contributed by atoms with Crippen LogP contribution in [-0.4, -0.2) is 33.1 Å². The molecule has 2 aromatic rings. The fourth-order valence-electron chi connectivity index (χ4n) is 1.99. The fraction of sp³-hybridized carbons (Fsp3) is 0.176. The van der Waals surface area contributed by atoms with Crippen molar-refractivity contribution in [1.82, 2.24) is 0 Å². The third kappa shape index (κ3) is 4.16. The molecule has 2 rings (SSSR count). The van der Waals surface area contributed by atoms with Gasteiger partial charge in [-0.1, -0.05) is 6.07 Å². The van der Waals surface area contributed by atoms with Crippen molar-refractivity contribution in [2.75, 3.05) is 32.0 Å². The first kappa shape index (κ1) is 17.1. The molecule has 0 saturated heterocycles. The summed E-state index contributed by atoms with van der Waals surface area (Å²) in [6, 6.07) is 11.5. The number of carbonyl (C=O) groups excluding carboxylic acids is 2. The van der Waals surface area contributed by atoms with Crippen LogP contribution < -0.4 is 24.8 Å². The first-order valence-electron chi connectivity index (χ1n) is 7.05. The Labute approximate surface area is 139 Å². The van der Waals surface area contributed by atoms with Crippen LogP contribution in [0.2, 0.25) is 0 Å². The van der Waals surface area contributed by atoms with Crippen molar-refractivity contribution in [3.05, 3.63) is 42.5 Å². The summed E-state index contributed by atoms with van der Waals surface area (Å²) in [7, 11) is 4.52. The van der Waals surface area contributed by atoms with E-state index in [1.54, 1.807) is 42.5 Å². The molecule has 0 aliphatic rings. The molecule has 0 spiro atoms. The van der Waals surface area contributed by atoms with Crippen molar-refractivity contribution in [1.29, 1.82) is 0 Å². The van der Waals surface area contributed by atoms with Gasteiger partial charge < -0.3 is 24.8 Å². The van der Waals surface area contributed by atoms with Gasteiger partial charge in [-0.3, -0.25) is 9.59 Å². The third-order valence-electron chi connectivity index (χ3n) is 3.18. The van der Waals surface area contributed by atoms with Gasteiger partial charge >= 0.3 is 11.8 Å². The molecule has 0 fully saturated rings. The van der Waals surface area contributed by atoms with Gasteiger partial charge in [0.2, 0.25) is 0 Å². The highest BCUT2D eigenvalue weighted by atomic mass is 16.5. The quantitative estimate of drug-likeness (QED) is 0.822. The summed E-state index contributed by atoms with van der Waals surface area (Å²) in [5.74, 6) is -0.0454. The number of ether oxygens (including phenoxy) is 3. The molecule has 0 saturated carbocycles. The van der Waals surface area contributed by atoms with E-state index in [1.807, 2.05) is 0 Å². The number of methoxy groups -OCH3 is 3. The molecule has 7 nitrogen and oxygen atoms in total. The van der Waals surface area contributed by atoms with Crippen LogP contribution in [0.5, 0.6) is 17.2 Å². The van der Waals surface area contributed by atoms with E-state index in [-0.39, 0.29) is 0 Å². The summed E-state index contributed by atoms with van der Waals surface area (Å²) < 4.78 is 15.3. The van der Waals surface area contributed by atoms with E-state index in [4.69, 9.17) is 14.2 Å². The number of benzene rings is 2. The molecule has 126 valence electrons. The third-order valence-corrected chi connectivity index (χ3v) is 3.18. The number of hydrogen-bond donors (Lipinski definition) is 2. The van der Waals surface area contributed by atoms with E-state index in [1.165, 1.54) is 21.3 Å². The van der Waals surface area contributed by atoms with Crippen molar-refractivity contribution >= 4 is 23.2 Å². The second-order valence-electron chi connectivity index (χ2n) is 4.71. The average Bonchev–Trinajstić information content (AvgIpc) is 2.61. The molecular formula is C17H18N2O5. The summed E-state index contributed by atoms with van der Waals surface area (Å²) in [5, 5.41) is 5.00. The van der Waals surface area contributed by atoms with Crippen molar-refractivity contribution in [3.63, 3.8) is 0 Å². The molecule has 24 heavy (non-hydrogen) atoms. The lowest BCUT2D eigenvalue weighted by Gasteiger charge is -2.11. The van der Waals surface area contributed by atoms with Crippen molar-refractivity contribution in [3.8, 4) is 17.2 Å². The lowest BCUT2D eigenvalue weighted by Crippen LogP contribution is -2.29. The fourth-order valence-corrected chi connectivity index (χ4v) is 1.99. The Morgan fingerprint density at radius 2 is 1.38 bits per heavy atom. The SMILES string of the molecule is COc1cccc(NC(=O)C(=O)Nc2ccc(OC)c(OC)c2)c1. The Hall–Kier alpha value is -3.22. The lowest BCUT2D eigenvalue weighted by atomic mass is 10.2. The second kappa shape index (κ2) is 7.87. The molecule has 2 N–H and O–H groups in total. The smallest absolute Gasteiger partial charge is 0.314 e. The number of hydrogen-bond acceptors (Lipinski definition) is 5. The van der Waals surface area contributed by atoms with Gasteiger partial charge in [0.1, 0.15) is 5.75 Å². The van der Waals surface area contributed by atoms with E-state index in [2.05, 4.69) is 10.6 Å². The maximum absolute atomic E-state index is 12.0. The van der Waals surface area contributed by atoms with Crippen molar-refractivity contribution < 1.29 is 23.8 Å². The minimum Gasteiger partial charge on any atom is -0.497 e. The summed E-state index contributed by atoms with van der Waals surface area (Å²) in [6.07, 6.45) is 0. The maximum Gasteiger partial charge on any atom is 0.314 e. The molecule has 2 aromatic carbocycles. The number of nitrogens with one attached hydrogen (secondary N) is 2. The van der Waals surface area contributed by atoms with Gasteiger partial charge in [0.15, 0.2) is 11.5 Å². The van der Waals surface area contributed by atoms with Gasteiger partial charge in [0, 0.05) is 23.5 Å². The van der Waals surface area contributed by atoms with E-state index in [0.717, 1.165) is 0 Å². The summed E-state index contributed by atoms with van der Waals surface area (Å²) in [5.41, 5.74) is 0.875. The van der Waals surface area contributed by atoms with Crippen LogP contribution in [0.4, 0.5) is 11.4 Å². The highest BCUT2D eigenvalue weighted by molar-refractivity contribution is 6.43. The molecule has 0 aromatic heterocycles. The Morgan fingerprint density at radius 1 is 0.750 bits per heavy atom. The zero-order chi connectivity index (χ0) is 17.5. The number of rotatable bonds is 5. The zero-order valence-electron chi connectivity index (χ0n) is 13.6. The molecule has 0 bridgehead atoms. The highest BCUT2D eigenvalue weighted by Gasteiger charge is 2.15. The standard InChI is InChI=1S/C17H18N2O5/c1-22-13-6-4-5-11(9-13)18-16(20)17(21)19-12-7-8-14(23-2)15(10-12)24-3/h4-10H,1-3H3,(H,18,20)(H,19,21). The predicted octanol–water partition coefficient (Wildman–Crippen LogP) is 2.29. The second-order valence-corrected chi connectivity index (χ2v) is 4.71. The number of anilines is 2. The molecule has 0 aliphatic carbocycles. The van der Waals surface area contributed by atoms with Gasteiger partial charge in [0.05, 0.1) is 21.3 Å². The molecule has 0 heterocycles. The zero-order valence-corrected chi connectivity index (χ0v) is 13.6. The van der Waals surface area contributed by atoms with Crippen LogP contribution in [0.3, 0.4) is 0 Å². The maximum atomic E-state index is 12.0. The molecule has 0 unspecified atom stereocenters. The van der Waals surface area contributed by atoms with Crippen LogP contribution in [0.15, 0.2) is 42.5 Å². The largest absolute Gasteiger partial charge is 0.497 e. The Bertz CT molecular complexity index is 746. The first-order valence-corrected chi connectivity index (χ1v) is 7.05. The van der Waals surface area contributed by atoms with Crippen molar-refractivity contribution in [2.24, 2.45) is 0 Å². The van der Waals surface area contributed by atoms with Crippen molar-refractivity contribution in [2.45, 2.75) is 0 Å². The monoisotopic (exact) mass is 330 g/mol. The van der Waals surface area contributed by atoms with Crippen LogP contribution in [0, 0.1) is 0 Å². The van der Waals surface area contributed by atoms with E-state index in [0.29, 0.717) is 28.6 Å². The van der Waals surface area contributed by atoms with Crippen LogP contribution in [0.25, 0.3) is 0 Å². The Balaban J connectivity index is 2.04. The van der Waals surface area contributed by atoms with Crippen LogP contribution in [-0.2, 0) is 9.59 Å². The van der Waals surface area contributed by atoms with Gasteiger partial charge in [-0.25, -0.2) is 0 Å². The molecule has 0 atom stereocenters. The Kier molecular flexibility index (Phi) is 5.62. The normalized spacial score (nSPS) is 9.79. The van der Waals surface area contributed by atoms with Gasteiger partial charge in [-0.15, -0.1) is 0 Å². The van der Waals surface area contributed by atoms with Gasteiger partial charge in [-0.2, -0.15) is 0 Å². The predicted molar refractivity (Wildman–Crippen MR) is 89.8 cm³/mol. The molecular weight excluding hydrogens is 312 g/mol. The van der Waals surface area contributed by atoms with E-state index >= 15 is 0 Å². The molecule has 0 radical (unpaired) electrons. The Morgan fingerprint density at radius 3 is 1.96 bits per heavy atom. The van der Waals surface area contributed by atoms with Gasteiger partial charge in [0.25, 0.3) is 0 Å². The summed E-state index contributed by atoms with van der Waals surface area (Å²) in [4.78, 5) is 24.0. The number of amides is 2. The topological polar surface area (TPSA) is 85.9 Å². The minimum atomic E-state index is -0.801. The molecule has 0 aliphatic heterocycles. The van der Waals surface area contributed by atoms with Gasteiger partial charge in [-0.05, 0) is 24.3 Å².